The fraction of sp³-hybridized carbons (Fsp3) is 0.278. The number of hydrogen-bond acceptors (Lipinski definition) is 5. The van der Waals surface area contributed by atoms with Gasteiger partial charge in [0.15, 0.2) is 0 Å². The second-order valence-corrected chi connectivity index (χ2v) is 5.64. The molecule has 1 aromatic carbocycles. The fourth-order valence-electron chi connectivity index (χ4n) is 2.66. The molecule has 0 bridgehead atoms. The summed E-state index contributed by atoms with van der Waals surface area (Å²) in [6.45, 7) is 5.18. The molecule has 0 atom stereocenters. The lowest BCUT2D eigenvalue weighted by Gasteiger charge is -2.19. The van der Waals surface area contributed by atoms with Crippen LogP contribution in [-0.4, -0.2) is 59.4 Å². The van der Waals surface area contributed by atoms with E-state index in [1.807, 2.05) is 0 Å². The predicted molar refractivity (Wildman–Crippen MR) is 94.3 cm³/mol. The Hall–Kier alpha value is -2.93. The van der Waals surface area contributed by atoms with Gasteiger partial charge in [0.05, 0.1) is 12.2 Å². The van der Waals surface area contributed by atoms with Crippen LogP contribution in [0.3, 0.4) is 0 Å². The summed E-state index contributed by atoms with van der Waals surface area (Å²) in [5, 5.41) is 11.8. The van der Waals surface area contributed by atoms with Crippen molar-refractivity contribution >= 4 is 29.0 Å². The van der Waals surface area contributed by atoms with E-state index in [0.717, 1.165) is 4.90 Å². The molecule has 1 aromatic rings. The van der Waals surface area contributed by atoms with E-state index in [1.54, 1.807) is 36.2 Å². The van der Waals surface area contributed by atoms with Gasteiger partial charge < -0.3 is 15.3 Å². The monoisotopic (exact) mass is 343 g/mol. The molecule has 2 N–H and O–H groups in total. The summed E-state index contributed by atoms with van der Waals surface area (Å²) in [4.78, 5) is 39.2. The molecule has 2 rings (SSSR count). The van der Waals surface area contributed by atoms with Crippen LogP contribution in [0.4, 0.5) is 5.69 Å². The molecule has 1 aliphatic rings. The molecular formula is C18H21N3O4. The number of nitrogens with zero attached hydrogens (tertiary/aromatic N) is 2. The van der Waals surface area contributed by atoms with E-state index in [4.69, 9.17) is 5.11 Å². The van der Waals surface area contributed by atoms with Crippen molar-refractivity contribution in [3.05, 3.63) is 48.2 Å². The Morgan fingerprint density at radius 3 is 2.44 bits per heavy atom. The number of imide groups is 1. The van der Waals surface area contributed by atoms with Crippen molar-refractivity contribution in [1.29, 1.82) is 0 Å². The van der Waals surface area contributed by atoms with Gasteiger partial charge in [0.1, 0.15) is 5.70 Å². The molecule has 7 nitrogen and oxygen atoms in total. The van der Waals surface area contributed by atoms with E-state index in [-0.39, 0.29) is 36.9 Å². The molecule has 0 aromatic heterocycles. The molecule has 0 radical (unpaired) electrons. The van der Waals surface area contributed by atoms with Gasteiger partial charge in [0.2, 0.25) is 5.91 Å². The van der Waals surface area contributed by atoms with Crippen LogP contribution in [0.15, 0.2) is 42.6 Å². The second kappa shape index (κ2) is 7.76. The van der Waals surface area contributed by atoms with E-state index in [2.05, 4.69) is 11.9 Å². The summed E-state index contributed by atoms with van der Waals surface area (Å²) >= 11 is 0. The van der Waals surface area contributed by atoms with Crippen molar-refractivity contribution in [3.8, 4) is 0 Å². The summed E-state index contributed by atoms with van der Waals surface area (Å²) < 4.78 is 0. The summed E-state index contributed by atoms with van der Waals surface area (Å²) in [5.74, 6) is -1.02. The number of hydrogen-bond donors (Lipinski definition) is 2. The maximum absolute atomic E-state index is 12.7. The first-order valence-electron chi connectivity index (χ1n) is 7.82. The van der Waals surface area contributed by atoms with Gasteiger partial charge in [0, 0.05) is 32.7 Å². The van der Waals surface area contributed by atoms with Crippen LogP contribution in [0.2, 0.25) is 0 Å². The van der Waals surface area contributed by atoms with Crippen LogP contribution in [-0.2, 0) is 14.4 Å². The number of benzene rings is 1. The highest BCUT2D eigenvalue weighted by Crippen LogP contribution is 2.31. The zero-order valence-corrected chi connectivity index (χ0v) is 14.3. The Kier molecular flexibility index (Phi) is 5.71. The number of carbonyl (C=O) groups is 3. The lowest BCUT2D eigenvalue weighted by molar-refractivity contribution is -0.136. The van der Waals surface area contributed by atoms with Crippen LogP contribution in [0, 0.1) is 0 Å². The first-order valence-corrected chi connectivity index (χ1v) is 7.82. The number of likely N-dealkylation sites (N-methyl/N-ethyl adjacent to an activating group) is 1. The summed E-state index contributed by atoms with van der Waals surface area (Å²) in [6, 6.07) is 6.69. The SMILES string of the molecule is C=CCN1C(=O)C(c2ccc(NC(C)=O)cc2)=C(N(C)CCO)C1=O. The van der Waals surface area contributed by atoms with Crippen molar-refractivity contribution < 1.29 is 19.5 Å². The highest BCUT2D eigenvalue weighted by atomic mass is 16.3. The topological polar surface area (TPSA) is 90.0 Å². The van der Waals surface area contributed by atoms with Crippen molar-refractivity contribution in [2.45, 2.75) is 6.92 Å². The number of carbonyl (C=O) groups excluding carboxylic acids is 3. The molecule has 1 heterocycles. The molecule has 0 fully saturated rings. The quantitative estimate of drug-likeness (QED) is 0.565. The summed E-state index contributed by atoms with van der Waals surface area (Å²) in [5.41, 5.74) is 1.69. The van der Waals surface area contributed by atoms with Gasteiger partial charge >= 0.3 is 0 Å². The van der Waals surface area contributed by atoms with Gasteiger partial charge in [-0.25, -0.2) is 0 Å². The van der Waals surface area contributed by atoms with Crippen LogP contribution >= 0.6 is 0 Å². The average Bonchev–Trinajstić information content (AvgIpc) is 2.80. The van der Waals surface area contributed by atoms with Crippen molar-refractivity contribution in [3.63, 3.8) is 0 Å². The predicted octanol–water partition coefficient (Wildman–Crippen LogP) is 0.835. The molecule has 25 heavy (non-hydrogen) atoms. The minimum Gasteiger partial charge on any atom is -0.395 e. The third kappa shape index (κ3) is 3.77. The van der Waals surface area contributed by atoms with Crippen LogP contribution < -0.4 is 5.32 Å². The van der Waals surface area contributed by atoms with Crippen LogP contribution in [0.5, 0.6) is 0 Å². The molecule has 3 amide bonds. The van der Waals surface area contributed by atoms with Gasteiger partial charge in [-0.05, 0) is 17.7 Å². The normalized spacial score (nSPS) is 14.1. The second-order valence-electron chi connectivity index (χ2n) is 5.64. The number of amides is 3. The zero-order chi connectivity index (χ0) is 18.6. The smallest absolute Gasteiger partial charge is 0.278 e. The minimum atomic E-state index is -0.415. The zero-order valence-electron chi connectivity index (χ0n) is 14.3. The maximum atomic E-state index is 12.7. The minimum absolute atomic E-state index is 0.113. The number of nitrogens with one attached hydrogen (secondary N) is 1. The number of aliphatic hydroxyl groups is 1. The fourth-order valence-corrected chi connectivity index (χ4v) is 2.66. The van der Waals surface area contributed by atoms with Gasteiger partial charge in [-0.2, -0.15) is 0 Å². The molecule has 1 aliphatic heterocycles. The largest absolute Gasteiger partial charge is 0.395 e. The first kappa shape index (κ1) is 18.4. The molecule has 0 saturated carbocycles. The maximum Gasteiger partial charge on any atom is 0.278 e. The van der Waals surface area contributed by atoms with Crippen LogP contribution in [0.25, 0.3) is 5.57 Å². The molecular weight excluding hydrogens is 322 g/mol. The Bertz CT molecular complexity index is 737. The Morgan fingerprint density at radius 1 is 1.28 bits per heavy atom. The van der Waals surface area contributed by atoms with Gasteiger partial charge in [-0.3, -0.25) is 19.3 Å². The van der Waals surface area contributed by atoms with Gasteiger partial charge in [-0.1, -0.05) is 18.2 Å². The molecule has 132 valence electrons. The number of aliphatic hydroxyl groups excluding tert-OH is 1. The molecule has 0 spiro atoms. The highest BCUT2D eigenvalue weighted by Gasteiger charge is 2.39. The molecule has 0 unspecified atom stereocenters. The van der Waals surface area contributed by atoms with Crippen molar-refractivity contribution in [2.24, 2.45) is 0 Å². The van der Waals surface area contributed by atoms with E-state index >= 15 is 0 Å². The highest BCUT2D eigenvalue weighted by molar-refractivity contribution is 6.35. The lowest BCUT2D eigenvalue weighted by atomic mass is 10.0. The van der Waals surface area contributed by atoms with E-state index < -0.39 is 11.8 Å². The third-order valence-corrected chi connectivity index (χ3v) is 3.77. The van der Waals surface area contributed by atoms with Crippen LogP contribution in [0.1, 0.15) is 12.5 Å². The van der Waals surface area contributed by atoms with E-state index in [0.29, 0.717) is 11.3 Å². The average molecular weight is 343 g/mol. The van der Waals surface area contributed by atoms with Crippen molar-refractivity contribution in [2.75, 3.05) is 32.1 Å². The van der Waals surface area contributed by atoms with E-state index in [1.165, 1.54) is 13.0 Å². The van der Waals surface area contributed by atoms with Crippen molar-refractivity contribution in [1.82, 2.24) is 9.80 Å². The van der Waals surface area contributed by atoms with E-state index in [9.17, 15) is 14.4 Å². The third-order valence-electron chi connectivity index (χ3n) is 3.77. The lowest BCUT2D eigenvalue weighted by Crippen LogP contribution is -2.34. The molecule has 0 saturated heterocycles. The summed E-state index contributed by atoms with van der Waals surface area (Å²) in [6.07, 6.45) is 1.49. The molecule has 7 heteroatoms. The Labute approximate surface area is 146 Å². The standard InChI is InChI=1S/C18H21N3O4/c1-4-9-21-17(24)15(16(18(21)25)20(3)10-11-22)13-5-7-14(8-6-13)19-12(2)23/h4-8,22H,1,9-11H2,2-3H3,(H,19,23). The first-order chi connectivity index (χ1) is 11.9. The number of anilines is 1. The Balaban J connectivity index is 2.47. The van der Waals surface area contributed by atoms with Gasteiger partial charge in [0.25, 0.3) is 11.8 Å². The summed E-state index contributed by atoms with van der Waals surface area (Å²) in [7, 11) is 1.65. The number of rotatable bonds is 7. The van der Waals surface area contributed by atoms with Gasteiger partial charge in [-0.15, -0.1) is 6.58 Å². The Morgan fingerprint density at radius 2 is 1.92 bits per heavy atom. The molecule has 0 aliphatic carbocycles.